The molecule has 1 rings (SSSR count). The van der Waals surface area contributed by atoms with Crippen molar-refractivity contribution in [2.24, 2.45) is 0 Å². The molecule has 1 aromatic carbocycles. The number of urea groups is 1. The fraction of sp³-hybridized carbons (Fsp3) is 0.429. The van der Waals surface area contributed by atoms with Crippen LogP contribution in [0.1, 0.15) is 18.4 Å². The first-order chi connectivity index (χ1) is 9.49. The van der Waals surface area contributed by atoms with Crippen molar-refractivity contribution in [3.63, 3.8) is 0 Å². The van der Waals surface area contributed by atoms with E-state index >= 15 is 0 Å². The zero-order valence-corrected chi connectivity index (χ0v) is 12.2. The van der Waals surface area contributed by atoms with Crippen molar-refractivity contribution in [3.05, 3.63) is 34.9 Å². The van der Waals surface area contributed by atoms with Crippen molar-refractivity contribution in [1.29, 1.82) is 0 Å². The van der Waals surface area contributed by atoms with Crippen LogP contribution in [-0.4, -0.2) is 42.1 Å². The Morgan fingerprint density at radius 1 is 1.40 bits per heavy atom. The summed E-state index contributed by atoms with van der Waals surface area (Å²) in [6.45, 7) is 0.748. The molecule has 0 unspecified atom stereocenters. The minimum atomic E-state index is -0.911. The molecule has 20 heavy (non-hydrogen) atoms. The zero-order chi connectivity index (χ0) is 15.0. The average molecular weight is 299 g/mol. The van der Waals surface area contributed by atoms with Gasteiger partial charge < -0.3 is 15.3 Å². The Hall–Kier alpha value is -1.75. The molecule has 0 spiro atoms. The van der Waals surface area contributed by atoms with E-state index in [4.69, 9.17) is 16.7 Å². The fourth-order valence-corrected chi connectivity index (χ4v) is 1.89. The van der Waals surface area contributed by atoms with Crippen LogP contribution >= 0.6 is 11.6 Å². The predicted octanol–water partition coefficient (Wildman–Crippen LogP) is 2.39. The maximum Gasteiger partial charge on any atom is 0.317 e. The Labute approximate surface area is 123 Å². The zero-order valence-electron chi connectivity index (χ0n) is 11.4. The quantitative estimate of drug-likeness (QED) is 0.759. The topological polar surface area (TPSA) is 69.6 Å². The highest BCUT2D eigenvalue weighted by atomic mass is 35.5. The van der Waals surface area contributed by atoms with Crippen LogP contribution < -0.4 is 5.32 Å². The Kier molecular flexibility index (Phi) is 6.87. The van der Waals surface area contributed by atoms with Gasteiger partial charge in [-0.05, 0) is 30.5 Å². The van der Waals surface area contributed by atoms with E-state index in [0.717, 1.165) is 18.4 Å². The van der Waals surface area contributed by atoms with Gasteiger partial charge in [-0.1, -0.05) is 23.7 Å². The first-order valence-corrected chi connectivity index (χ1v) is 6.82. The first kappa shape index (κ1) is 16.3. The second-order valence-corrected chi connectivity index (χ2v) is 4.97. The van der Waals surface area contributed by atoms with Crippen LogP contribution in [-0.2, 0) is 11.2 Å². The van der Waals surface area contributed by atoms with Gasteiger partial charge in [0, 0.05) is 25.2 Å². The van der Waals surface area contributed by atoms with Gasteiger partial charge in [-0.25, -0.2) is 4.79 Å². The van der Waals surface area contributed by atoms with Gasteiger partial charge in [0.1, 0.15) is 0 Å². The minimum Gasteiger partial charge on any atom is -0.481 e. The van der Waals surface area contributed by atoms with Crippen LogP contribution in [0.25, 0.3) is 0 Å². The van der Waals surface area contributed by atoms with Crippen LogP contribution in [0.15, 0.2) is 24.3 Å². The fourth-order valence-electron chi connectivity index (χ4n) is 1.68. The smallest absolute Gasteiger partial charge is 0.317 e. The molecule has 0 atom stereocenters. The van der Waals surface area contributed by atoms with Crippen LogP contribution in [0, 0.1) is 0 Å². The van der Waals surface area contributed by atoms with E-state index < -0.39 is 5.97 Å². The average Bonchev–Trinajstić information content (AvgIpc) is 2.40. The van der Waals surface area contributed by atoms with E-state index in [1.807, 2.05) is 24.3 Å². The molecule has 110 valence electrons. The number of carbonyl (C=O) groups is 2. The van der Waals surface area contributed by atoms with Gasteiger partial charge in [0.15, 0.2) is 0 Å². The number of carbonyl (C=O) groups excluding carboxylic acids is 1. The van der Waals surface area contributed by atoms with E-state index in [-0.39, 0.29) is 19.0 Å². The van der Waals surface area contributed by atoms with Crippen molar-refractivity contribution < 1.29 is 14.7 Å². The molecule has 0 bridgehead atoms. The number of aliphatic carboxylic acids is 1. The molecule has 2 amide bonds. The molecule has 2 N–H and O–H groups in total. The van der Waals surface area contributed by atoms with E-state index in [1.165, 1.54) is 4.90 Å². The SMILES string of the molecule is CN(CCC(=O)O)C(=O)NCCCc1cccc(Cl)c1. The van der Waals surface area contributed by atoms with Crippen molar-refractivity contribution in [2.75, 3.05) is 20.1 Å². The van der Waals surface area contributed by atoms with Gasteiger partial charge in [0.2, 0.25) is 0 Å². The number of carboxylic acids is 1. The van der Waals surface area contributed by atoms with Crippen LogP contribution in [0.4, 0.5) is 4.79 Å². The van der Waals surface area contributed by atoms with Crippen LogP contribution in [0.5, 0.6) is 0 Å². The monoisotopic (exact) mass is 298 g/mol. The highest BCUT2D eigenvalue weighted by Gasteiger charge is 2.08. The number of nitrogens with zero attached hydrogens (tertiary/aromatic N) is 1. The van der Waals surface area contributed by atoms with Crippen molar-refractivity contribution in [3.8, 4) is 0 Å². The molecule has 0 saturated carbocycles. The molecule has 0 aromatic heterocycles. The standard InChI is InChI=1S/C14H19ClN2O3/c1-17(9-7-13(18)19)14(20)16-8-3-5-11-4-2-6-12(15)10-11/h2,4,6,10H,3,5,7-9H2,1H3,(H,16,20)(H,18,19). The molecule has 0 saturated heterocycles. The van der Waals surface area contributed by atoms with Gasteiger partial charge in [-0.15, -0.1) is 0 Å². The predicted molar refractivity (Wildman–Crippen MR) is 78.1 cm³/mol. The highest BCUT2D eigenvalue weighted by Crippen LogP contribution is 2.11. The van der Waals surface area contributed by atoms with E-state index in [9.17, 15) is 9.59 Å². The molecular weight excluding hydrogens is 280 g/mol. The van der Waals surface area contributed by atoms with Gasteiger partial charge in [0.05, 0.1) is 6.42 Å². The number of amides is 2. The summed E-state index contributed by atoms with van der Waals surface area (Å²) in [4.78, 5) is 23.4. The molecule has 0 radical (unpaired) electrons. The summed E-state index contributed by atoms with van der Waals surface area (Å²) in [5.41, 5.74) is 1.13. The molecular formula is C14H19ClN2O3. The summed E-state index contributed by atoms with van der Waals surface area (Å²) >= 11 is 5.89. The molecule has 0 aliphatic carbocycles. The molecule has 0 fully saturated rings. The molecule has 0 aliphatic heterocycles. The Morgan fingerprint density at radius 3 is 2.80 bits per heavy atom. The second-order valence-electron chi connectivity index (χ2n) is 4.53. The lowest BCUT2D eigenvalue weighted by molar-refractivity contribution is -0.137. The second kappa shape index (κ2) is 8.43. The lowest BCUT2D eigenvalue weighted by Gasteiger charge is -2.16. The number of rotatable bonds is 7. The summed E-state index contributed by atoms with van der Waals surface area (Å²) in [6, 6.07) is 7.37. The number of nitrogens with one attached hydrogen (secondary N) is 1. The number of hydrogen-bond acceptors (Lipinski definition) is 2. The third-order valence-electron chi connectivity index (χ3n) is 2.82. The van der Waals surface area contributed by atoms with Crippen LogP contribution in [0.3, 0.4) is 0 Å². The molecule has 6 heteroatoms. The van der Waals surface area contributed by atoms with E-state index in [2.05, 4.69) is 5.32 Å². The van der Waals surface area contributed by atoms with E-state index in [1.54, 1.807) is 7.05 Å². The third-order valence-corrected chi connectivity index (χ3v) is 3.05. The minimum absolute atomic E-state index is 0.0492. The Balaban J connectivity index is 2.20. The Morgan fingerprint density at radius 2 is 2.15 bits per heavy atom. The third kappa shape index (κ3) is 6.43. The van der Waals surface area contributed by atoms with E-state index in [0.29, 0.717) is 11.6 Å². The highest BCUT2D eigenvalue weighted by molar-refractivity contribution is 6.30. The summed E-state index contributed by atoms with van der Waals surface area (Å²) < 4.78 is 0. The number of halogens is 1. The largest absolute Gasteiger partial charge is 0.481 e. The number of hydrogen-bond donors (Lipinski definition) is 2. The normalized spacial score (nSPS) is 10.1. The number of benzene rings is 1. The summed E-state index contributed by atoms with van der Waals surface area (Å²) in [5.74, 6) is -0.911. The van der Waals surface area contributed by atoms with Gasteiger partial charge in [-0.3, -0.25) is 4.79 Å². The lowest BCUT2D eigenvalue weighted by Crippen LogP contribution is -2.38. The van der Waals surface area contributed by atoms with Crippen molar-refractivity contribution in [2.45, 2.75) is 19.3 Å². The first-order valence-electron chi connectivity index (χ1n) is 6.44. The van der Waals surface area contributed by atoms with Gasteiger partial charge >= 0.3 is 12.0 Å². The molecule has 5 nitrogen and oxygen atoms in total. The summed E-state index contributed by atoms with van der Waals surface area (Å²) in [5, 5.41) is 12.0. The molecule has 0 aliphatic rings. The summed E-state index contributed by atoms with van der Waals surface area (Å²) in [6.07, 6.45) is 1.59. The van der Waals surface area contributed by atoms with Gasteiger partial charge in [-0.2, -0.15) is 0 Å². The maximum absolute atomic E-state index is 11.6. The maximum atomic E-state index is 11.6. The van der Waals surface area contributed by atoms with Crippen molar-refractivity contribution in [1.82, 2.24) is 10.2 Å². The molecule has 1 aromatic rings. The van der Waals surface area contributed by atoms with Crippen molar-refractivity contribution >= 4 is 23.6 Å². The summed E-state index contributed by atoms with van der Waals surface area (Å²) in [7, 11) is 1.58. The Bertz CT molecular complexity index is 465. The number of aryl methyl sites for hydroxylation is 1. The molecule has 0 heterocycles. The number of carboxylic acid groups (broad SMARTS) is 1. The van der Waals surface area contributed by atoms with Crippen LogP contribution in [0.2, 0.25) is 5.02 Å². The van der Waals surface area contributed by atoms with Gasteiger partial charge in [0.25, 0.3) is 0 Å². The lowest BCUT2D eigenvalue weighted by atomic mass is 10.1.